The van der Waals surface area contributed by atoms with Gasteiger partial charge in [-0.05, 0) is 47.8 Å². The highest BCUT2D eigenvalue weighted by atomic mass is 16.5. The quantitative estimate of drug-likeness (QED) is 0.609. The largest absolute Gasteiger partial charge is 0.379 e. The minimum absolute atomic E-state index is 0.0237. The topological polar surface area (TPSA) is 49.9 Å². The fourth-order valence-electron chi connectivity index (χ4n) is 5.98. The fraction of sp³-hybridized carbons (Fsp3) is 0.545. The van der Waals surface area contributed by atoms with Crippen LogP contribution in [-0.2, 0) is 20.9 Å². The van der Waals surface area contributed by atoms with Gasteiger partial charge in [0.25, 0.3) is 0 Å². The molecule has 1 aromatic carbocycles. The maximum Gasteiger partial charge on any atom is 0.238 e. The smallest absolute Gasteiger partial charge is 0.238 e. The average molecular weight is 364 g/mol. The Bertz CT molecular complexity index is 790. The minimum Gasteiger partial charge on any atom is -0.379 e. The molecule has 0 N–H and O–H groups in total. The van der Waals surface area contributed by atoms with Crippen LogP contribution in [0.25, 0.3) is 0 Å². The first kappa shape index (κ1) is 16.0. The molecule has 2 aliphatic heterocycles. The van der Waals surface area contributed by atoms with Gasteiger partial charge in [0.2, 0.25) is 11.8 Å². The molecule has 2 saturated heterocycles. The van der Waals surface area contributed by atoms with Crippen LogP contribution < -0.4 is 4.90 Å². The highest BCUT2D eigenvalue weighted by Crippen LogP contribution is 2.65. The maximum atomic E-state index is 13.2. The van der Waals surface area contributed by atoms with Gasteiger partial charge in [-0.25, -0.2) is 0 Å². The first-order chi connectivity index (χ1) is 13.2. The van der Waals surface area contributed by atoms with Gasteiger partial charge < -0.3 is 4.74 Å². The summed E-state index contributed by atoms with van der Waals surface area (Å²) in [6.07, 6.45) is 5.65. The van der Waals surface area contributed by atoms with Crippen molar-refractivity contribution in [1.82, 2.24) is 4.90 Å². The summed E-state index contributed by atoms with van der Waals surface area (Å²) < 4.78 is 5.40. The summed E-state index contributed by atoms with van der Waals surface area (Å²) in [7, 11) is 0. The highest BCUT2D eigenvalue weighted by Gasteiger charge is 2.67. The van der Waals surface area contributed by atoms with E-state index in [1.165, 1.54) is 16.9 Å². The summed E-state index contributed by atoms with van der Waals surface area (Å²) in [6, 6.07) is 7.99. The number of anilines is 1. The molecule has 2 saturated carbocycles. The van der Waals surface area contributed by atoms with E-state index in [0.29, 0.717) is 11.8 Å². The van der Waals surface area contributed by atoms with E-state index < -0.39 is 0 Å². The van der Waals surface area contributed by atoms with Crippen molar-refractivity contribution in [2.45, 2.75) is 13.0 Å². The molecule has 0 radical (unpaired) electrons. The van der Waals surface area contributed by atoms with E-state index in [1.807, 2.05) is 12.1 Å². The second-order valence-corrected chi connectivity index (χ2v) is 8.72. The van der Waals surface area contributed by atoms with Gasteiger partial charge in [0, 0.05) is 19.6 Å². The predicted molar refractivity (Wildman–Crippen MR) is 99.7 cm³/mol. The van der Waals surface area contributed by atoms with Crippen LogP contribution >= 0.6 is 0 Å². The van der Waals surface area contributed by atoms with E-state index in [2.05, 4.69) is 29.2 Å². The highest BCUT2D eigenvalue weighted by molar-refractivity contribution is 6.22. The molecule has 0 unspecified atom stereocenters. The molecule has 6 atom stereocenters. The monoisotopic (exact) mass is 364 g/mol. The van der Waals surface area contributed by atoms with Gasteiger partial charge in [-0.3, -0.25) is 19.4 Å². The minimum atomic E-state index is -0.121. The third kappa shape index (κ3) is 2.31. The zero-order chi connectivity index (χ0) is 18.1. The van der Waals surface area contributed by atoms with Gasteiger partial charge in [0.05, 0.1) is 30.7 Å². The Morgan fingerprint density at radius 2 is 1.48 bits per heavy atom. The van der Waals surface area contributed by atoms with E-state index >= 15 is 0 Å². The van der Waals surface area contributed by atoms with Crippen molar-refractivity contribution in [3.05, 3.63) is 42.0 Å². The molecule has 0 spiro atoms. The molecule has 4 fully saturated rings. The SMILES string of the molecule is O=C1[C@@H]2[C@H]3C=C[C@@H]([C@@H]4C[C@H]34)[C@@H]2C(=O)N1c1ccc(CN2CCOCC2)cc1. The summed E-state index contributed by atoms with van der Waals surface area (Å²) in [5.41, 5.74) is 1.94. The van der Waals surface area contributed by atoms with Crippen LogP contribution in [0.2, 0.25) is 0 Å². The van der Waals surface area contributed by atoms with Gasteiger partial charge in [-0.2, -0.15) is 0 Å². The van der Waals surface area contributed by atoms with Gasteiger partial charge in [-0.1, -0.05) is 24.3 Å². The third-order valence-corrected chi connectivity index (χ3v) is 7.37. The molecule has 4 aliphatic carbocycles. The van der Waals surface area contributed by atoms with Crippen LogP contribution in [0.1, 0.15) is 12.0 Å². The molecule has 2 heterocycles. The Morgan fingerprint density at radius 3 is 2.07 bits per heavy atom. The van der Waals surface area contributed by atoms with E-state index in [0.717, 1.165) is 38.5 Å². The molecule has 0 aromatic heterocycles. The van der Waals surface area contributed by atoms with E-state index in [-0.39, 0.29) is 35.5 Å². The van der Waals surface area contributed by atoms with Gasteiger partial charge >= 0.3 is 0 Å². The van der Waals surface area contributed by atoms with Crippen molar-refractivity contribution in [2.75, 3.05) is 31.2 Å². The fourth-order valence-corrected chi connectivity index (χ4v) is 5.98. The van der Waals surface area contributed by atoms with Crippen molar-refractivity contribution in [3.8, 4) is 0 Å². The Labute approximate surface area is 159 Å². The Hall–Kier alpha value is -1.98. The number of hydrogen-bond donors (Lipinski definition) is 0. The lowest BCUT2D eigenvalue weighted by Crippen LogP contribution is -2.40. The van der Waals surface area contributed by atoms with Crippen molar-refractivity contribution in [3.63, 3.8) is 0 Å². The zero-order valence-electron chi connectivity index (χ0n) is 15.3. The number of rotatable bonds is 3. The summed E-state index contributed by atoms with van der Waals surface area (Å²) in [5.74, 6) is 1.67. The molecule has 140 valence electrons. The van der Waals surface area contributed by atoms with Crippen LogP contribution in [-0.4, -0.2) is 43.0 Å². The molecule has 7 rings (SSSR count). The second kappa shape index (κ2) is 5.76. The van der Waals surface area contributed by atoms with Gasteiger partial charge in [0.15, 0.2) is 0 Å². The molecule has 5 nitrogen and oxygen atoms in total. The standard InChI is InChI=1S/C22H24N2O3/c25-21-19-15-5-6-16(18-11-17(15)18)20(19)22(26)24(21)14-3-1-13(2-4-14)12-23-7-9-27-10-8-23/h1-6,15-20H,7-12H2/t15-,16-,17-,18+,19-,20+/m0/s1. The first-order valence-electron chi connectivity index (χ1n) is 10.2. The van der Waals surface area contributed by atoms with Crippen molar-refractivity contribution in [1.29, 1.82) is 0 Å². The lowest BCUT2D eigenvalue weighted by atomic mass is 9.63. The normalized spacial score (nSPS) is 39.6. The molecule has 2 amide bonds. The number of carbonyl (C=O) groups excluding carboxylic acids is 2. The number of nitrogens with zero attached hydrogens (tertiary/aromatic N) is 2. The summed E-state index contributed by atoms with van der Waals surface area (Å²) in [5, 5.41) is 0. The molecule has 6 aliphatic rings. The van der Waals surface area contributed by atoms with Gasteiger partial charge in [0.1, 0.15) is 0 Å². The number of benzene rings is 1. The van der Waals surface area contributed by atoms with E-state index in [1.54, 1.807) is 0 Å². The summed E-state index contributed by atoms with van der Waals surface area (Å²) in [6.45, 7) is 4.36. The lowest BCUT2D eigenvalue weighted by Gasteiger charge is -2.37. The van der Waals surface area contributed by atoms with Crippen molar-refractivity contribution in [2.24, 2.45) is 35.5 Å². The van der Waals surface area contributed by atoms with E-state index in [4.69, 9.17) is 4.74 Å². The molecular formula is C22H24N2O3. The van der Waals surface area contributed by atoms with Crippen LogP contribution in [0.5, 0.6) is 0 Å². The summed E-state index contributed by atoms with van der Waals surface area (Å²) in [4.78, 5) is 30.2. The van der Waals surface area contributed by atoms with Crippen LogP contribution in [0.4, 0.5) is 5.69 Å². The van der Waals surface area contributed by atoms with Crippen molar-refractivity contribution < 1.29 is 14.3 Å². The van der Waals surface area contributed by atoms with E-state index in [9.17, 15) is 9.59 Å². The molecular weight excluding hydrogens is 340 g/mol. The lowest BCUT2D eigenvalue weighted by molar-refractivity contribution is -0.124. The number of carbonyl (C=O) groups is 2. The molecule has 1 aromatic rings. The summed E-state index contributed by atoms with van der Waals surface area (Å²) >= 11 is 0. The van der Waals surface area contributed by atoms with Crippen LogP contribution in [0, 0.1) is 35.5 Å². The Morgan fingerprint density at radius 1 is 0.889 bits per heavy atom. The number of hydrogen-bond acceptors (Lipinski definition) is 4. The number of imide groups is 1. The average Bonchev–Trinajstić information content (AvgIpc) is 3.48. The first-order valence-corrected chi connectivity index (χ1v) is 10.2. The van der Waals surface area contributed by atoms with Crippen LogP contribution in [0.3, 0.4) is 0 Å². The van der Waals surface area contributed by atoms with Crippen molar-refractivity contribution >= 4 is 17.5 Å². The number of morpholine rings is 1. The maximum absolute atomic E-state index is 13.2. The molecule has 2 bridgehead atoms. The Balaban J connectivity index is 1.23. The predicted octanol–water partition coefficient (Wildman–Crippen LogP) is 2.08. The Kier molecular flexibility index (Phi) is 3.42. The van der Waals surface area contributed by atoms with Crippen LogP contribution in [0.15, 0.2) is 36.4 Å². The number of allylic oxidation sites excluding steroid dienone is 2. The molecule has 27 heavy (non-hydrogen) atoms. The second-order valence-electron chi connectivity index (χ2n) is 8.72. The zero-order valence-corrected chi connectivity index (χ0v) is 15.3. The third-order valence-electron chi connectivity index (χ3n) is 7.37. The van der Waals surface area contributed by atoms with Gasteiger partial charge in [-0.15, -0.1) is 0 Å². The molecule has 5 heteroatoms. The number of ether oxygens (including phenoxy) is 1. The number of amides is 2.